The molecule has 1 amide bonds. The van der Waals surface area contributed by atoms with Crippen LogP contribution in [0.1, 0.15) is 28.1 Å². The van der Waals surface area contributed by atoms with Gasteiger partial charge in [0.25, 0.3) is 5.78 Å². The fourth-order valence-corrected chi connectivity index (χ4v) is 3.05. The average molecular weight is 355 g/mol. The maximum Gasteiger partial charge on any atom is 0.253 e. The molecule has 2 aromatic heterocycles. The number of nitrogens with one attached hydrogen (secondary N) is 1. The third-order valence-corrected chi connectivity index (χ3v) is 4.88. The van der Waals surface area contributed by atoms with Crippen LogP contribution in [0.25, 0.3) is 5.78 Å². The Balaban J connectivity index is 1.86. The van der Waals surface area contributed by atoms with Crippen molar-refractivity contribution in [3.05, 3.63) is 46.3 Å². The van der Waals surface area contributed by atoms with Crippen molar-refractivity contribution >= 4 is 29.1 Å². The first-order valence-electron chi connectivity index (χ1n) is 8.03. The van der Waals surface area contributed by atoms with Gasteiger partial charge in [0.2, 0.25) is 11.1 Å². The summed E-state index contributed by atoms with van der Waals surface area (Å²) in [5, 5.41) is 8.05. The number of amides is 1. The zero-order valence-corrected chi connectivity index (χ0v) is 15.9. The summed E-state index contributed by atoms with van der Waals surface area (Å²) in [5.74, 6) is 0.499. The molecule has 0 fully saturated rings. The molecule has 0 atom stereocenters. The molecule has 25 heavy (non-hydrogen) atoms. The second-order valence-corrected chi connectivity index (χ2v) is 6.87. The minimum atomic E-state index is -0.0687. The third kappa shape index (κ3) is 3.51. The van der Waals surface area contributed by atoms with E-state index < -0.39 is 0 Å². The van der Waals surface area contributed by atoms with E-state index in [-0.39, 0.29) is 12.3 Å². The highest BCUT2D eigenvalue weighted by molar-refractivity contribution is 7.98. The second-order valence-electron chi connectivity index (χ2n) is 6.10. The summed E-state index contributed by atoms with van der Waals surface area (Å²) in [4.78, 5) is 21.3. The molecule has 0 unspecified atom stereocenters. The molecule has 3 aromatic rings. The van der Waals surface area contributed by atoms with Crippen LogP contribution in [0.4, 0.5) is 5.69 Å². The first kappa shape index (κ1) is 17.4. The number of carbonyl (C=O) groups excluding carboxylic acids is 1. The molecule has 1 aromatic carbocycles. The molecule has 0 spiro atoms. The highest BCUT2D eigenvalue weighted by Crippen LogP contribution is 2.19. The zero-order valence-electron chi connectivity index (χ0n) is 15.0. The van der Waals surface area contributed by atoms with E-state index in [0.717, 1.165) is 28.2 Å². The van der Waals surface area contributed by atoms with Gasteiger partial charge in [0.05, 0.1) is 6.42 Å². The van der Waals surface area contributed by atoms with Gasteiger partial charge in [-0.3, -0.25) is 4.79 Å². The van der Waals surface area contributed by atoms with Crippen LogP contribution in [-0.2, 0) is 11.2 Å². The van der Waals surface area contributed by atoms with E-state index in [1.165, 1.54) is 17.3 Å². The summed E-state index contributed by atoms with van der Waals surface area (Å²) in [5.41, 5.74) is 5.75. The van der Waals surface area contributed by atoms with E-state index in [1.54, 1.807) is 4.52 Å². The molecule has 6 nitrogen and oxygen atoms in total. The molecule has 0 aliphatic carbocycles. The van der Waals surface area contributed by atoms with E-state index >= 15 is 0 Å². The molecule has 0 aliphatic heterocycles. The fraction of sp³-hybridized carbons (Fsp3) is 0.333. The highest BCUT2D eigenvalue weighted by Gasteiger charge is 2.16. The van der Waals surface area contributed by atoms with E-state index in [0.29, 0.717) is 10.9 Å². The normalized spacial score (nSPS) is 11.1. The molecule has 0 bridgehead atoms. The summed E-state index contributed by atoms with van der Waals surface area (Å²) in [7, 11) is 0. The standard InChI is InChI=1S/C18H21N5OS/c1-10-6-7-14(8-11(10)2)20-16(24)9-15-12(3)19-17-21-18(25-5)22-23(17)13(15)4/h6-8H,9H2,1-5H3,(H,20,24). The predicted molar refractivity (Wildman–Crippen MR) is 100 cm³/mol. The number of hydrogen-bond acceptors (Lipinski definition) is 5. The largest absolute Gasteiger partial charge is 0.326 e. The summed E-state index contributed by atoms with van der Waals surface area (Å²) in [6.07, 6.45) is 2.18. The lowest BCUT2D eigenvalue weighted by molar-refractivity contribution is -0.115. The van der Waals surface area contributed by atoms with Crippen molar-refractivity contribution in [2.45, 2.75) is 39.3 Å². The number of aryl methyl sites for hydroxylation is 4. The number of fused-ring (bicyclic) bond motifs is 1. The Kier molecular flexibility index (Phi) is 4.76. The lowest BCUT2D eigenvalue weighted by Crippen LogP contribution is -2.18. The molecule has 0 saturated carbocycles. The van der Waals surface area contributed by atoms with Crippen molar-refractivity contribution in [3.63, 3.8) is 0 Å². The molecular weight excluding hydrogens is 334 g/mol. The van der Waals surface area contributed by atoms with Gasteiger partial charge in [0.15, 0.2) is 0 Å². The van der Waals surface area contributed by atoms with Crippen LogP contribution in [0.15, 0.2) is 23.4 Å². The molecule has 0 aliphatic rings. The van der Waals surface area contributed by atoms with Gasteiger partial charge in [-0.05, 0) is 57.2 Å². The van der Waals surface area contributed by atoms with Crippen LogP contribution in [0.3, 0.4) is 0 Å². The maximum atomic E-state index is 12.5. The smallest absolute Gasteiger partial charge is 0.253 e. The topological polar surface area (TPSA) is 72.2 Å². The molecule has 1 N–H and O–H groups in total. The fourth-order valence-electron chi connectivity index (χ4n) is 2.72. The van der Waals surface area contributed by atoms with Crippen molar-refractivity contribution in [3.8, 4) is 0 Å². The van der Waals surface area contributed by atoms with Crippen LogP contribution in [-0.4, -0.2) is 31.7 Å². The quantitative estimate of drug-likeness (QED) is 0.727. The maximum absolute atomic E-state index is 12.5. The second kappa shape index (κ2) is 6.84. The Morgan fingerprint density at radius 1 is 1.16 bits per heavy atom. The highest BCUT2D eigenvalue weighted by atomic mass is 32.2. The van der Waals surface area contributed by atoms with Gasteiger partial charge >= 0.3 is 0 Å². The van der Waals surface area contributed by atoms with Crippen LogP contribution >= 0.6 is 11.8 Å². The van der Waals surface area contributed by atoms with Crippen LogP contribution in [0, 0.1) is 27.7 Å². The van der Waals surface area contributed by atoms with Crippen LogP contribution in [0.5, 0.6) is 0 Å². The monoisotopic (exact) mass is 355 g/mol. The number of nitrogens with zero attached hydrogens (tertiary/aromatic N) is 4. The lowest BCUT2D eigenvalue weighted by Gasteiger charge is -2.11. The first-order chi connectivity index (χ1) is 11.9. The van der Waals surface area contributed by atoms with Gasteiger partial charge in [-0.2, -0.15) is 4.98 Å². The third-order valence-electron chi connectivity index (χ3n) is 4.34. The molecule has 0 radical (unpaired) electrons. The van der Waals surface area contributed by atoms with Crippen molar-refractivity contribution in [1.29, 1.82) is 0 Å². The number of thioether (sulfide) groups is 1. The Morgan fingerprint density at radius 3 is 2.60 bits per heavy atom. The number of anilines is 1. The Morgan fingerprint density at radius 2 is 1.92 bits per heavy atom. The summed E-state index contributed by atoms with van der Waals surface area (Å²) >= 11 is 1.47. The van der Waals surface area contributed by atoms with E-state index in [1.807, 2.05) is 45.2 Å². The number of carbonyl (C=O) groups is 1. The first-order valence-corrected chi connectivity index (χ1v) is 9.25. The molecule has 130 valence electrons. The van der Waals surface area contributed by atoms with E-state index in [9.17, 15) is 4.79 Å². The summed E-state index contributed by atoms with van der Waals surface area (Å²) in [6.45, 7) is 7.93. The number of aromatic nitrogens is 4. The Bertz CT molecular complexity index is 964. The predicted octanol–water partition coefficient (Wildman–Crippen LogP) is 3.26. The SMILES string of the molecule is CSc1nc2nc(C)c(CC(=O)Nc3ccc(C)c(C)c3)c(C)n2n1. The van der Waals surface area contributed by atoms with Crippen molar-refractivity contribution in [1.82, 2.24) is 19.6 Å². The van der Waals surface area contributed by atoms with Gasteiger partial charge < -0.3 is 5.32 Å². The van der Waals surface area contributed by atoms with Crippen LogP contribution in [0.2, 0.25) is 0 Å². The van der Waals surface area contributed by atoms with Gasteiger partial charge in [-0.1, -0.05) is 17.8 Å². The van der Waals surface area contributed by atoms with Gasteiger partial charge in [0.1, 0.15) is 0 Å². The van der Waals surface area contributed by atoms with E-state index in [2.05, 4.69) is 27.3 Å². The molecule has 0 saturated heterocycles. The molecule has 7 heteroatoms. The minimum absolute atomic E-state index is 0.0687. The van der Waals surface area contributed by atoms with E-state index in [4.69, 9.17) is 0 Å². The number of rotatable bonds is 4. The Hall–Kier alpha value is -2.41. The number of benzene rings is 1. The summed E-state index contributed by atoms with van der Waals surface area (Å²) < 4.78 is 1.71. The molecule has 3 rings (SSSR count). The minimum Gasteiger partial charge on any atom is -0.326 e. The Labute approximate surface area is 151 Å². The van der Waals surface area contributed by atoms with Crippen molar-refractivity contribution in [2.24, 2.45) is 0 Å². The van der Waals surface area contributed by atoms with Gasteiger partial charge in [0, 0.05) is 22.6 Å². The van der Waals surface area contributed by atoms with Gasteiger partial charge in [-0.25, -0.2) is 9.50 Å². The van der Waals surface area contributed by atoms with Gasteiger partial charge in [-0.15, -0.1) is 5.10 Å². The molecular formula is C18H21N5OS. The number of hydrogen-bond donors (Lipinski definition) is 1. The zero-order chi connectivity index (χ0) is 18.1. The van der Waals surface area contributed by atoms with Crippen LogP contribution < -0.4 is 5.32 Å². The average Bonchev–Trinajstić information content (AvgIpc) is 2.98. The van der Waals surface area contributed by atoms with Crippen molar-refractivity contribution in [2.75, 3.05) is 11.6 Å². The molecule has 2 heterocycles. The summed E-state index contributed by atoms with van der Waals surface area (Å²) in [6, 6.07) is 5.91. The van der Waals surface area contributed by atoms with Crippen molar-refractivity contribution < 1.29 is 4.79 Å². The lowest BCUT2D eigenvalue weighted by atomic mass is 10.1.